The molecule has 0 saturated carbocycles. The van der Waals surface area contributed by atoms with Crippen molar-refractivity contribution in [1.82, 2.24) is 5.32 Å². The van der Waals surface area contributed by atoms with E-state index in [0.717, 1.165) is 24.9 Å². The number of allylic oxidation sites excluding steroid dienone is 3. The Labute approximate surface area is 253 Å². The molecule has 0 amide bonds. The third-order valence-electron chi connectivity index (χ3n) is 8.37. The summed E-state index contributed by atoms with van der Waals surface area (Å²) in [5, 5.41) is 8.71. The van der Waals surface area contributed by atoms with Crippen LogP contribution in [-0.4, -0.2) is 12.8 Å². The molecule has 1 unspecified atom stereocenters. The van der Waals surface area contributed by atoms with Gasteiger partial charge in [0.05, 0.1) is 0 Å². The second-order valence-electron chi connectivity index (χ2n) is 11.1. The van der Waals surface area contributed by atoms with Crippen molar-refractivity contribution in [2.45, 2.75) is 19.0 Å². The van der Waals surface area contributed by atoms with Crippen molar-refractivity contribution in [2.24, 2.45) is 4.99 Å². The molecule has 1 aliphatic carbocycles. The summed E-state index contributed by atoms with van der Waals surface area (Å²) < 4.78 is 0. The monoisotopic (exact) mass is 554 g/mol. The lowest BCUT2D eigenvalue weighted by atomic mass is 9.94. The van der Waals surface area contributed by atoms with Gasteiger partial charge in [0.25, 0.3) is 0 Å². The number of nitrogens with zero attached hydrogens (tertiary/aromatic N) is 1. The summed E-state index contributed by atoms with van der Waals surface area (Å²) in [7, 11) is 0. The maximum Gasteiger partial charge on any atom is 0.126 e. The van der Waals surface area contributed by atoms with Crippen molar-refractivity contribution in [3.63, 3.8) is 0 Å². The summed E-state index contributed by atoms with van der Waals surface area (Å²) in [6, 6.07) is 47.5. The SMILES string of the molecule is C1=CCCC(CNC(/N=C\c2c(-c3ccccc3)ccc3ccccc23)c2cccc3c(-c4ccccc4)cccc23)=C1. The summed E-state index contributed by atoms with van der Waals surface area (Å²) in [6.45, 7) is 0.794. The number of aliphatic imine (C=N–C) groups is 1. The van der Waals surface area contributed by atoms with Crippen LogP contribution >= 0.6 is 0 Å². The van der Waals surface area contributed by atoms with Crippen molar-refractivity contribution >= 4 is 27.8 Å². The van der Waals surface area contributed by atoms with Gasteiger partial charge in [0.1, 0.15) is 6.17 Å². The molecule has 1 N–H and O–H groups in total. The maximum absolute atomic E-state index is 5.36. The minimum Gasteiger partial charge on any atom is -0.288 e. The molecule has 1 atom stereocenters. The van der Waals surface area contributed by atoms with Gasteiger partial charge in [-0.25, -0.2) is 0 Å². The first-order chi connectivity index (χ1) is 21.3. The number of hydrogen-bond donors (Lipinski definition) is 1. The van der Waals surface area contributed by atoms with E-state index in [2.05, 4.69) is 163 Å². The number of hydrogen-bond acceptors (Lipinski definition) is 2. The van der Waals surface area contributed by atoms with E-state index >= 15 is 0 Å². The van der Waals surface area contributed by atoms with Crippen molar-refractivity contribution in [3.8, 4) is 22.3 Å². The van der Waals surface area contributed by atoms with Gasteiger partial charge in [0.15, 0.2) is 0 Å². The molecule has 0 fully saturated rings. The van der Waals surface area contributed by atoms with E-state index in [9.17, 15) is 0 Å². The van der Waals surface area contributed by atoms with Gasteiger partial charge in [-0.1, -0.05) is 157 Å². The molecule has 0 spiro atoms. The maximum atomic E-state index is 5.36. The smallest absolute Gasteiger partial charge is 0.126 e. The minimum absolute atomic E-state index is 0.218. The zero-order valence-corrected chi connectivity index (χ0v) is 24.2. The molecule has 6 aromatic carbocycles. The number of benzene rings is 6. The van der Waals surface area contributed by atoms with E-state index in [0.29, 0.717) is 0 Å². The van der Waals surface area contributed by atoms with Crippen LogP contribution in [0.15, 0.2) is 162 Å². The first kappa shape index (κ1) is 26.8. The Morgan fingerprint density at radius 2 is 1.33 bits per heavy atom. The first-order valence-electron chi connectivity index (χ1n) is 15.1. The highest BCUT2D eigenvalue weighted by Gasteiger charge is 2.16. The van der Waals surface area contributed by atoms with Crippen molar-refractivity contribution < 1.29 is 0 Å². The van der Waals surface area contributed by atoms with E-state index in [1.807, 2.05) is 0 Å². The Kier molecular flexibility index (Phi) is 7.76. The molecule has 208 valence electrons. The zero-order chi connectivity index (χ0) is 28.8. The second-order valence-corrected chi connectivity index (χ2v) is 11.1. The summed E-state index contributed by atoms with van der Waals surface area (Å²) in [5.41, 5.74) is 8.57. The Balaban J connectivity index is 1.36. The lowest BCUT2D eigenvalue weighted by Gasteiger charge is -2.20. The highest BCUT2D eigenvalue weighted by Crippen LogP contribution is 2.34. The van der Waals surface area contributed by atoms with Crippen molar-refractivity contribution in [2.75, 3.05) is 6.54 Å². The largest absolute Gasteiger partial charge is 0.288 e. The molecule has 0 aliphatic heterocycles. The molecule has 0 saturated heterocycles. The molecule has 0 bridgehead atoms. The second kappa shape index (κ2) is 12.4. The van der Waals surface area contributed by atoms with E-state index in [4.69, 9.17) is 4.99 Å². The highest BCUT2D eigenvalue weighted by molar-refractivity contribution is 6.06. The van der Waals surface area contributed by atoms with Gasteiger partial charge in [-0.3, -0.25) is 10.3 Å². The van der Waals surface area contributed by atoms with Gasteiger partial charge in [0.2, 0.25) is 0 Å². The van der Waals surface area contributed by atoms with Gasteiger partial charge in [0, 0.05) is 18.3 Å². The molecule has 0 aromatic heterocycles. The average molecular weight is 555 g/mol. The lowest BCUT2D eigenvalue weighted by Crippen LogP contribution is -2.23. The van der Waals surface area contributed by atoms with E-state index in [-0.39, 0.29) is 6.17 Å². The third kappa shape index (κ3) is 5.70. The molecule has 2 nitrogen and oxygen atoms in total. The predicted molar refractivity (Wildman–Crippen MR) is 184 cm³/mol. The molecule has 2 heteroatoms. The summed E-state index contributed by atoms with van der Waals surface area (Å²) in [6.07, 6.45) is 10.7. The van der Waals surface area contributed by atoms with Crippen LogP contribution in [-0.2, 0) is 0 Å². The number of nitrogens with one attached hydrogen (secondary N) is 1. The summed E-state index contributed by atoms with van der Waals surface area (Å²) >= 11 is 0. The van der Waals surface area contributed by atoms with E-state index < -0.39 is 0 Å². The van der Waals surface area contributed by atoms with Gasteiger partial charge in [-0.05, 0) is 62.2 Å². The van der Waals surface area contributed by atoms with Gasteiger partial charge in [-0.2, -0.15) is 0 Å². The van der Waals surface area contributed by atoms with Crippen LogP contribution in [0.25, 0.3) is 43.8 Å². The lowest BCUT2D eigenvalue weighted by molar-refractivity contribution is 0.582. The molecular weight excluding hydrogens is 520 g/mol. The Morgan fingerprint density at radius 1 is 0.628 bits per heavy atom. The van der Waals surface area contributed by atoms with Crippen molar-refractivity contribution in [1.29, 1.82) is 0 Å². The van der Waals surface area contributed by atoms with E-state index in [1.54, 1.807) is 0 Å². The first-order valence-corrected chi connectivity index (χ1v) is 15.1. The predicted octanol–water partition coefficient (Wildman–Crippen LogP) is 10.3. The van der Waals surface area contributed by atoms with Crippen LogP contribution in [0.1, 0.15) is 30.1 Å². The van der Waals surface area contributed by atoms with Gasteiger partial charge in [-0.15, -0.1) is 0 Å². The van der Waals surface area contributed by atoms with Crippen LogP contribution in [0.2, 0.25) is 0 Å². The molecule has 6 aromatic rings. The van der Waals surface area contributed by atoms with Crippen LogP contribution in [0.4, 0.5) is 0 Å². The summed E-state index contributed by atoms with van der Waals surface area (Å²) in [4.78, 5) is 5.36. The highest BCUT2D eigenvalue weighted by atomic mass is 15.1. The molecular formula is C41H34N2. The van der Waals surface area contributed by atoms with Crippen molar-refractivity contribution in [3.05, 3.63) is 168 Å². The Bertz CT molecular complexity index is 1970. The zero-order valence-electron chi connectivity index (χ0n) is 24.2. The molecule has 7 rings (SSSR count). The number of fused-ring (bicyclic) bond motifs is 2. The fraction of sp³-hybridized carbons (Fsp3) is 0.0976. The normalized spacial score (nSPS) is 13.9. The van der Waals surface area contributed by atoms with Crippen LogP contribution < -0.4 is 5.32 Å². The van der Waals surface area contributed by atoms with E-state index in [1.165, 1.54) is 54.9 Å². The van der Waals surface area contributed by atoms with Crippen LogP contribution in [0, 0.1) is 0 Å². The Hall–Kier alpha value is -5.05. The minimum atomic E-state index is -0.218. The molecule has 0 radical (unpaired) electrons. The quantitative estimate of drug-likeness (QED) is 0.186. The fourth-order valence-corrected chi connectivity index (χ4v) is 6.17. The topological polar surface area (TPSA) is 24.4 Å². The van der Waals surface area contributed by atoms with Gasteiger partial charge >= 0.3 is 0 Å². The average Bonchev–Trinajstić information content (AvgIpc) is 3.09. The fourth-order valence-electron chi connectivity index (χ4n) is 6.17. The standard InChI is InChI=1S/C41H34N2/c1-4-14-30(15-5-1)28-42-41(39-25-13-23-37-34(22-12-24-38(37)39)31-16-6-2-7-17-31)43-29-40-35-21-11-10-20-33(35)26-27-36(40)32-18-8-3-9-19-32/h1-4,6-14,16-27,29,41-42H,5,15,28H2/b43-29-. The summed E-state index contributed by atoms with van der Waals surface area (Å²) in [5.74, 6) is 0. The van der Waals surface area contributed by atoms with Gasteiger partial charge < -0.3 is 0 Å². The molecule has 1 aliphatic rings. The molecule has 43 heavy (non-hydrogen) atoms. The van der Waals surface area contributed by atoms with Crippen LogP contribution in [0.5, 0.6) is 0 Å². The number of rotatable bonds is 8. The Morgan fingerprint density at radius 3 is 2.12 bits per heavy atom. The molecule has 0 heterocycles. The third-order valence-corrected chi connectivity index (χ3v) is 8.37. The van der Waals surface area contributed by atoms with Crippen LogP contribution in [0.3, 0.4) is 0 Å².